The van der Waals surface area contributed by atoms with Crippen LogP contribution in [0.3, 0.4) is 0 Å². The minimum atomic E-state index is -1.21. The molecule has 0 saturated carbocycles. The van der Waals surface area contributed by atoms with E-state index in [0.29, 0.717) is 27.2 Å². The van der Waals surface area contributed by atoms with E-state index >= 15 is 0 Å². The number of carbonyl (C=O) groups excluding carboxylic acids is 1. The zero-order valence-electron chi connectivity index (χ0n) is 13.9. The Morgan fingerprint density at radius 1 is 1.27 bits per heavy atom. The predicted octanol–water partition coefficient (Wildman–Crippen LogP) is 2.41. The number of primary amides is 1. The van der Waals surface area contributed by atoms with Crippen LogP contribution in [-0.4, -0.2) is 26.8 Å². The summed E-state index contributed by atoms with van der Waals surface area (Å²) < 4.78 is 1.47. The standard InChI is InChI=1S/C18H17ClN4O3/c1-18(17(21)26,12-7-6-10(20)8-13(12)19)9-23-14-5-3-2-4-11(14)15(22-23)16(24)25/h2-8H,9,20H2,1H3,(H2,21,26)(H,24,25). The van der Waals surface area contributed by atoms with Crippen LogP contribution in [0, 0.1) is 0 Å². The van der Waals surface area contributed by atoms with Gasteiger partial charge in [0.2, 0.25) is 5.91 Å². The number of halogens is 1. The number of amides is 1. The molecule has 1 unspecified atom stereocenters. The molecule has 0 bridgehead atoms. The third-order valence-corrected chi connectivity index (χ3v) is 4.77. The van der Waals surface area contributed by atoms with Gasteiger partial charge in [0.15, 0.2) is 5.69 Å². The van der Waals surface area contributed by atoms with Crippen LogP contribution in [0.15, 0.2) is 42.5 Å². The number of aromatic carboxylic acids is 1. The minimum Gasteiger partial charge on any atom is -0.476 e. The number of carboxylic acids is 1. The van der Waals surface area contributed by atoms with Gasteiger partial charge in [-0.3, -0.25) is 9.48 Å². The van der Waals surface area contributed by atoms with Gasteiger partial charge >= 0.3 is 5.97 Å². The van der Waals surface area contributed by atoms with Crippen molar-refractivity contribution in [1.29, 1.82) is 0 Å². The lowest BCUT2D eigenvalue weighted by Crippen LogP contribution is -2.42. The Hall–Kier alpha value is -3.06. The van der Waals surface area contributed by atoms with Crippen molar-refractivity contribution in [2.45, 2.75) is 18.9 Å². The Morgan fingerprint density at radius 3 is 2.58 bits per heavy atom. The van der Waals surface area contributed by atoms with Crippen LogP contribution in [0.4, 0.5) is 5.69 Å². The zero-order valence-corrected chi connectivity index (χ0v) is 14.7. The lowest BCUT2D eigenvalue weighted by atomic mass is 9.81. The fourth-order valence-corrected chi connectivity index (χ4v) is 3.38. The molecule has 8 heteroatoms. The number of nitrogens with two attached hydrogens (primary N) is 2. The highest BCUT2D eigenvalue weighted by Gasteiger charge is 2.37. The van der Waals surface area contributed by atoms with Crippen LogP contribution < -0.4 is 11.5 Å². The molecule has 5 N–H and O–H groups in total. The average Bonchev–Trinajstić information content (AvgIpc) is 2.93. The highest BCUT2D eigenvalue weighted by Crippen LogP contribution is 2.34. The molecule has 134 valence electrons. The SMILES string of the molecule is CC(Cn1nc(C(=O)O)c2ccccc21)(C(N)=O)c1ccc(N)cc1Cl. The minimum absolute atomic E-state index is 0.0275. The smallest absolute Gasteiger partial charge is 0.357 e. The maximum atomic E-state index is 12.3. The van der Waals surface area contributed by atoms with Crippen molar-refractivity contribution in [3.63, 3.8) is 0 Å². The van der Waals surface area contributed by atoms with Gasteiger partial charge in [-0.1, -0.05) is 35.9 Å². The summed E-state index contributed by atoms with van der Waals surface area (Å²) in [6.07, 6.45) is 0. The number of fused-ring (bicyclic) bond motifs is 1. The predicted molar refractivity (Wildman–Crippen MR) is 99.1 cm³/mol. The lowest BCUT2D eigenvalue weighted by Gasteiger charge is -2.28. The number of rotatable bonds is 5. The fraction of sp³-hybridized carbons (Fsp3) is 0.167. The maximum Gasteiger partial charge on any atom is 0.357 e. The molecule has 26 heavy (non-hydrogen) atoms. The summed E-state index contributed by atoms with van der Waals surface area (Å²) in [5.41, 5.74) is 11.7. The second kappa shape index (κ2) is 6.34. The summed E-state index contributed by atoms with van der Waals surface area (Å²) in [6, 6.07) is 11.7. The molecule has 2 aromatic carbocycles. The molecule has 1 aromatic heterocycles. The molecule has 1 heterocycles. The maximum absolute atomic E-state index is 12.3. The number of carboxylic acid groups (broad SMARTS) is 1. The molecule has 0 saturated heterocycles. The molecule has 1 atom stereocenters. The first-order valence-electron chi connectivity index (χ1n) is 7.78. The van der Waals surface area contributed by atoms with Gasteiger partial charge in [-0.2, -0.15) is 5.10 Å². The zero-order chi connectivity index (χ0) is 19.1. The van der Waals surface area contributed by atoms with E-state index in [1.807, 2.05) is 0 Å². The van der Waals surface area contributed by atoms with Crippen LogP contribution in [-0.2, 0) is 16.8 Å². The number of anilines is 1. The van der Waals surface area contributed by atoms with Crippen molar-refractivity contribution in [1.82, 2.24) is 9.78 Å². The summed E-state index contributed by atoms with van der Waals surface area (Å²) in [5.74, 6) is -1.76. The van der Waals surface area contributed by atoms with Gasteiger partial charge in [-0.15, -0.1) is 0 Å². The topological polar surface area (TPSA) is 124 Å². The van der Waals surface area contributed by atoms with Crippen molar-refractivity contribution in [3.05, 3.63) is 58.7 Å². The van der Waals surface area contributed by atoms with E-state index in [1.54, 1.807) is 49.4 Å². The molecular weight excluding hydrogens is 356 g/mol. The third kappa shape index (κ3) is 2.86. The average molecular weight is 373 g/mol. The summed E-state index contributed by atoms with van der Waals surface area (Å²) in [6.45, 7) is 1.67. The van der Waals surface area contributed by atoms with E-state index in [-0.39, 0.29) is 12.2 Å². The van der Waals surface area contributed by atoms with E-state index in [1.165, 1.54) is 4.68 Å². The Balaban J connectivity index is 2.17. The Bertz CT molecular complexity index is 1030. The molecule has 3 aromatic rings. The van der Waals surface area contributed by atoms with Crippen LogP contribution in [0.2, 0.25) is 5.02 Å². The van der Waals surface area contributed by atoms with Crippen molar-refractivity contribution in [2.24, 2.45) is 5.73 Å². The number of nitrogens with zero attached hydrogens (tertiary/aromatic N) is 2. The molecule has 0 fully saturated rings. The number of hydrogen-bond acceptors (Lipinski definition) is 4. The Morgan fingerprint density at radius 2 is 1.96 bits per heavy atom. The Kier molecular flexibility index (Phi) is 4.33. The van der Waals surface area contributed by atoms with Gasteiger partial charge in [0.05, 0.1) is 17.5 Å². The largest absolute Gasteiger partial charge is 0.476 e. The molecule has 0 radical (unpaired) electrons. The number of hydrogen-bond donors (Lipinski definition) is 3. The van der Waals surface area contributed by atoms with E-state index < -0.39 is 17.3 Å². The van der Waals surface area contributed by atoms with E-state index in [9.17, 15) is 14.7 Å². The number of carbonyl (C=O) groups is 2. The van der Waals surface area contributed by atoms with E-state index in [2.05, 4.69) is 5.10 Å². The molecule has 3 rings (SSSR count). The van der Waals surface area contributed by atoms with Crippen LogP contribution in [0.25, 0.3) is 10.9 Å². The van der Waals surface area contributed by atoms with Gasteiger partial charge in [-0.05, 0) is 30.7 Å². The lowest BCUT2D eigenvalue weighted by molar-refractivity contribution is -0.123. The van der Waals surface area contributed by atoms with Gasteiger partial charge < -0.3 is 16.6 Å². The van der Waals surface area contributed by atoms with Crippen molar-refractivity contribution < 1.29 is 14.7 Å². The molecule has 0 aliphatic carbocycles. The summed E-state index contributed by atoms with van der Waals surface area (Å²) in [4.78, 5) is 23.8. The highest BCUT2D eigenvalue weighted by atomic mass is 35.5. The fourth-order valence-electron chi connectivity index (χ4n) is 2.98. The first kappa shape index (κ1) is 17.8. The second-order valence-corrected chi connectivity index (χ2v) is 6.67. The van der Waals surface area contributed by atoms with Gasteiger partial charge in [-0.25, -0.2) is 4.79 Å². The summed E-state index contributed by atoms with van der Waals surface area (Å²) >= 11 is 6.29. The molecular formula is C18H17ClN4O3. The molecule has 0 aliphatic heterocycles. The first-order valence-corrected chi connectivity index (χ1v) is 8.16. The van der Waals surface area contributed by atoms with Gasteiger partial charge in [0.1, 0.15) is 0 Å². The van der Waals surface area contributed by atoms with Crippen molar-refractivity contribution in [3.8, 4) is 0 Å². The van der Waals surface area contributed by atoms with E-state index in [0.717, 1.165) is 0 Å². The van der Waals surface area contributed by atoms with Crippen LogP contribution >= 0.6 is 11.6 Å². The van der Waals surface area contributed by atoms with Crippen LogP contribution in [0.1, 0.15) is 23.0 Å². The third-order valence-electron chi connectivity index (χ3n) is 4.46. The van der Waals surface area contributed by atoms with Crippen molar-refractivity contribution in [2.75, 3.05) is 5.73 Å². The van der Waals surface area contributed by atoms with Gasteiger partial charge in [0, 0.05) is 16.1 Å². The number of para-hydroxylation sites is 1. The Labute approximate surface area is 154 Å². The molecule has 0 aliphatic rings. The first-order chi connectivity index (χ1) is 12.2. The molecule has 0 spiro atoms. The normalized spacial score (nSPS) is 13.5. The number of aromatic nitrogens is 2. The van der Waals surface area contributed by atoms with E-state index in [4.69, 9.17) is 23.1 Å². The monoisotopic (exact) mass is 372 g/mol. The summed E-state index contributed by atoms with van der Waals surface area (Å²) in [5, 5.41) is 14.4. The highest BCUT2D eigenvalue weighted by molar-refractivity contribution is 6.32. The van der Waals surface area contributed by atoms with Crippen LogP contribution in [0.5, 0.6) is 0 Å². The molecule has 1 amide bonds. The number of nitrogen functional groups attached to an aromatic ring is 1. The van der Waals surface area contributed by atoms with Crippen molar-refractivity contribution >= 4 is 40.1 Å². The number of benzene rings is 2. The quantitative estimate of drug-likeness (QED) is 0.593. The second-order valence-electron chi connectivity index (χ2n) is 6.26. The van der Waals surface area contributed by atoms with Gasteiger partial charge in [0.25, 0.3) is 0 Å². The summed E-state index contributed by atoms with van der Waals surface area (Å²) in [7, 11) is 0. The molecule has 7 nitrogen and oxygen atoms in total.